The number of nitrogens with one attached hydrogen (secondary N) is 1. The molecule has 126 valence electrons. The van der Waals surface area contributed by atoms with Crippen molar-refractivity contribution in [2.45, 2.75) is 6.54 Å². The van der Waals surface area contributed by atoms with E-state index < -0.39 is 10.0 Å². The predicted molar refractivity (Wildman–Crippen MR) is 94.7 cm³/mol. The van der Waals surface area contributed by atoms with Crippen molar-refractivity contribution in [3.05, 3.63) is 66.0 Å². The molecule has 0 atom stereocenters. The second-order valence-electron chi connectivity index (χ2n) is 5.39. The molecule has 2 aromatic rings. The Morgan fingerprint density at radius 1 is 1.25 bits per heavy atom. The fourth-order valence-corrected chi connectivity index (χ4v) is 2.58. The van der Waals surface area contributed by atoms with Gasteiger partial charge in [-0.05, 0) is 35.4 Å². The van der Waals surface area contributed by atoms with E-state index in [0.717, 1.165) is 17.4 Å². The van der Waals surface area contributed by atoms with Crippen LogP contribution in [0.1, 0.15) is 11.1 Å². The van der Waals surface area contributed by atoms with Gasteiger partial charge in [-0.2, -0.15) is 0 Å². The lowest BCUT2D eigenvalue weighted by molar-refractivity contribution is -0.125. The third-order valence-electron chi connectivity index (χ3n) is 3.15. The maximum absolute atomic E-state index is 12.1. The Bertz CT molecular complexity index is 816. The van der Waals surface area contributed by atoms with E-state index in [1.165, 1.54) is 6.08 Å². The van der Waals surface area contributed by atoms with Crippen molar-refractivity contribution in [3.8, 4) is 0 Å². The van der Waals surface area contributed by atoms with Crippen molar-refractivity contribution in [1.29, 1.82) is 0 Å². The largest absolute Gasteiger partial charge is 0.338 e. The lowest BCUT2D eigenvalue weighted by Gasteiger charge is -2.14. The van der Waals surface area contributed by atoms with Crippen LogP contribution in [0.3, 0.4) is 0 Å². The maximum atomic E-state index is 12.1. The van der Waals surface area contributed by atoms with Crippen LogP contribution in [-0.4, -0.2) is 37.5 Å². The average molecular weight is 345 g/mol. The number of carbonyl (C=O) groups is 1. The molecule has 0 radical (unpaired) electrons. The maximum Gasteiger partial charge on any atom is 0.246 e. The third kappa shape index (κ3) is 5.85. The quantitative estimate of drug-likeness (QED) is 0.814. The second-order valence-corrected chi connectivity index (χ2v) is 7.13. The number of anilines is 1. The first kappa shape index (κ1) is 17.7. The molecule has 0 aliphatic carbocycles. The SMILES string of the molecule is CN(Cc1cccnc1)C(=O)/C=C/c1ccc(NS(C)(=O)=O)cc1. The fraction of sp³-hybridized carbons (Fsp3) is 0.176. The molecule has 0 saturated heterocycles. The van der Waals surface area contributed by atoms with Gasteiger partial charge >= 0.3 is 0 Å². The van der Waals surface area contributed by atoms with Crippen molar-refractivity contribution >= 4 is 27.7 Å². The van der Waals surface area contributed by atoms with E-state index in [9.17, 15) is 13.2 Å². The summed E-state index contributed by atoms with van der Waals surface area (Å²) in [6.07, 6.45) is 7.67. The van der Waals surface area contributed by atoms with Gasteiger partial charge in [0.05, 0.1) is 6.26 Å². The number of carbonyl (C=O) groups excluding carboxylic acids is 1. The zero-order valence-electron chi connectivity index (χ0n) is 13.5. The van der Waals surface area contributed by atoms with E-state index in [0.29, 0.717) is 12.2 Å². The van der Waals surface area contributed by atoms with Crippen LogP contribution in [-0.2, 0) is 21.4 Å². The Hall–Kier alpha value is -2.67. The zero-order chi connectivity index (χ0) is 17.6. The number of aromatic nitrogens is 1. The predicted octanol–water partition coefficient (Wildman–Crippen LogP) is 2.12. The average Bonchev–Trinajstić information content (AvgIpc) is 2.53. The highest BCUT2D eigenvalue weighted by Gasteiger charge is 2.06. The molecule has 0 aliphatic rings. The number of amides is 1. The molecule has 1 heterocycles. The van der Waals surface area contributed by atoms with Crippen LogP contribution in [0.2, 0.25) is 0 Å². The highest BCUT2D eigenvalue weighted by molar-refractivity contribution is 7.92. The highest BCUT2D eigenvalue weighted by atomic mass is 32.2. The van der Waals surface area contributed by atoms with Gasteiger partial charge in [0.25, 0.3) is 0 Å². The minimum Gasteiger partial charge on any atom is -0.338 e. The summed E-state index contributed by atoms with van der Waals surface area (Å²) in [6, 6.07) is 10.5. The molecule has 24 heavy (non-hydrogen) atoms. The molecule has 1 aromatic heterocycles. The van der Waals surface area contributed by atoms with Crippen LogP contribution >= 0.6 is 0 Å². The summed E-state index contributed by atoms with van der Waals surface area (Å²) in [6.45, 7) is 0.480. The summed E-state index contributed by atoms with van der Waals surface area (Å²) < 4.78 is 24.7. The van der Waals surface area contributed by atoms with E-state index in [4.69, 9.17) is 0 Å². The van der Waals surface area contributed by atoms with Gasteiger partial charge in [-0.25, -0.2) is 8.42 Å². The summed E-state index contributed by atoms with van der Waals surface area (Å²) in [4.78, 5) is 17.7. The van der Waals surface area contributed by atoms with Crippen LogP contribution in [0.5, 0.6) is 0 Å². The van der Waals surface area contributed by atoms with Gasteiger partial charge in [0.2, 0.25) is 15.9 Å². The fourth-order valence-electron chi connectivity index (χ4n) is 2.01. The molecular formula is C17H19N3O3S. The standard InChI is InChI=1S/C17H19N3O3S/c1-20(13-15-4-3-11-18-12-15)17(21)10-7-14-5-8-16(9-6-14)19-24(2,22)23/h3-12,19H,13H2,1-2H3/b10-7+. The number of nitrogens with zero attached hydrogens (tertiary/aromatic N) is 2. The van der Waals surface area contributed by atoms with E-state index in [2.05, 4.69) is 9.71 Å². The second kappa shape index (κ2) is 7.74. The van der Waals surface area contributed by atoms with Crippen molar-refractivity contribution < 1.29 is 13.2 Å². The van der Waals surface area contributed by atoms with Crippen LogP contribution in [0.15, 0.2) is 54.9 Å². The van der Waals surface area contributed by atoms with Crippen LogP contribution in [0, 0.1) is 0 Å². The van der Waals surface area contributed by atoms with Crippen molar-refractivity contribution in [2.75, 3.05) is 18.0 Å². The molecule has 0 spiro atoms. The number of hydrogen-bond donors (Lipinski definition) is 1. The Morgan fingerprint density at radius 2 is 1.96 bits per heavy atom. The highest BCUT2D eigenvalue weighted by Crippen LogP contribution is 2.12. The van der Waals surface area contributed by atoms with E-state index >= 15 is 0 Å². The summed E-state index contributed by atoms with van der Waals surface area (Å²) >= 11 is 0. The van der Waals surface area contributed by atoms with E-state index in [1.807, 2.05) is 12.1 Å². The Kier molecular flexibility index (Phi) is 5.70. The Morgan fingerprint density at radius 3 is 2.54 bits per heavy atom. The number of benzene rings is 1. The van der Waals surface area contributed by atoms with Gasteiger partial charge in [-0.3, -0.25) is 14.5 Å². The summed E-state index contributed by atoms with van der Waals surface area (Å²) in [5.74, 6) is -0.128. The minimum atomic E-state index is -3.29. The molecular weight excluding hydrogens is 326 g/mol. The molecule has 1 aromatic carbocycles. The number of hydrogen-bond acceptors (Lipinski definition) is 4. The number of likely N-dealkylation sites (N-methyl/N-ethyl adjacent to an activating group) is 1. The summed E-state index contributed by atoms with van der Waals surface area (Å²) in [7, 11) is -1.57. The first-order valence-corrected chi connectivity index (χ1v) is 9.12. The topological polar surface area (TPSA) is 79.4 Å². The Balaban J connectivity index is 1.95. The van der Waals surface area contributed by atoms with Crippen molar-refractivity contribution in [2.24, 2.45) is 0 Å². The zero-order valence-corrected chi connectivity index (χ0v) is 14.3. The molecule has 1 amide bonds. The molecule has 1 N–H and O–H groups in total. The third-order valence-corrected chi connectivity index (χ3v) is 3.76. The smallest absolute Gasteiger partial charge is 0.246 e. The van der Waals surface area contributed by atoms with Gasteiger partial charge in [0, 0.05) is 37.7 Å². The molecule has 0 fully saturated rings. The lowest BCUT2D eigenvalue weighted by Crippen LogP contribution is -2.24. The van der Waals surface area contributed by atoms with Gasteiger partial charge in [-0.15, -0.1) is 0 Å². The van der Waals surface area contributed by atoms with Gasteiger partial charge in [0.1, 0.15) is 0 Å². The minimum absolute atomic E-state index is 0.128. The van der Waals surface area contributed by atoms with Crippen molar-refractivity contribution in [3.63, 3.8) is 0 Å². The van der Waals surface area contributed by atoms with Crippen LogP contribution in [0.25, 0.3) is 6.08 Å². The lowest BCUT2D eigenvalue weighted by atomic mass is 10.2. The first-order valence-electron chi connectivity index (χ1n) is 7.23. The number of sulfonamides is 1. The number of rotatable bonds is 6. The number of pyridine rings is 1. The molecule has 0 saturated carbocycles. The van der Waals surface area contributed by atoms with E-state index in [1.54, 1.807) is 54.7 Å². The van der Waals surface area contributed by atoms with Crippen molar-refractivity contribution in [1.82, 2.24) is 9.88 Å². The molecule has 2 rings (SSSR count). The van der Waals surface area contributed by atoms with Gasteiger partial charge < -0.3 is 4.90 Å². The summed E-state index contributed by atoms with van der Waals surface area (Å²) in [5.41, 5.74) is 2.24. The molecule has 6 nitrogen and oxygen atoms in total. The normalized spacial score (nSPS) is 11.4. The molecule has 7 heteroatoms. The summed E-state index contributed by atoms with van der Waals surface area (Å²) in [5, 5.41) is 0. The van der Waals surface area contributed by atoms with Crippen LogP contribution < -0.4 is 4.72 Å². The molecule has 0 unspecified atom stereocenters. The van der Waals surface area contributed by atoms with Crippen LogP contribution in [0.4, 0.5) is 5.69 Å². The Labute approximate surface area is 141 Å². The molecule has 0 bridgehead atoms. The van der Waals surface area contributed by atoms with Gasteiger partial charge in [-0.1, -0.05) is 18.2 Å². The molecule has 0 aliphatic heterocycles. The first-order chi connectivity index (χ1) is 11.3. The van der Waals surface area contributed by atoms with Gasteiger partial charge in [0.15, 0.2) is 0 Å². The van der Waals surface area contributed by atoms with E-state index in [-0.39, 0.29) is 5.91 Å². The monoisotopic (exact) mass is 345 g/mol.